The monoisotopic (exact) mass is 426 g/mol. The lowest BCUT2D eigenvalue weighted by Crippen LogP contribution is -2.40. The van der Waals surface area contributed by atoms with Crippen LogP contribution in [0.1, 0.15) is 34.1 Å². The van der Waals surface area contributed by atoms with E-state index in [0.717, 1.165) is 6.42 Å². The predicted octanol–water partition coefficient (Wildman–Crippen LogP) is 3.70. The lowest BCUT2D eigenvalue weighted by Gasteiger charge is -2.37. The van der Waals surface area contributed by atoms with Gasteiger partial charge in [0, 0.05) is 16.8 Å². The zero-order valence-electron chi connectivity index (χ0n) is 17.5. The number of anilines is 2. The summed E-state index contributed by atoms with van der Waals surface area (Å²) in [5.74, 6) is 0.409. The Morgan fingerprint density at radius 2 is 1.50 bits per heavy atom. The van der Waals surface area contributed by atoms with Crippen molar-refractivity contribution < 1.29 is 19.2 Å². The summed E-state index contributed by atoms with van der Waals surface area (Å²) in [6.45, 7) is 1.47. The second-order valence-corrected chi connectivity index (χ2v) is 9.30. The SMILES string of the molecule is CC(=O)c1cccc(NC(=O)c2ccc(N3C(=O)[C@@H]4[C@H]5C=C[C@@H]([C@@H]6C[C@H]56)[C@@H]4C3=O)cc2)c1. The van der Waals surface area contributed by atoms with Gasteiger partial charge in [0.25, 0.3) is 5.91 Å². The number of rotatable bonds is 4. The molecule has 0 spiro atoms. The Kier molecular flexibility index (Phi) is 4.03. The summed E-state index contributed by atoms with van der Waals surface area (Å²) in [6, 6.07) is 13.3. The van der Waals surface area contributed by atoms with Gasteiger partial charge in [0.1, 0.15) is 0 Å². The highest BCUT2D eigenvalue weighted by atomic mass is 16.2. The number of amides is 3. The molecule has 1 aliphatic heterocycles. The van der Waals surface area contributed by atoms with Crippen molar-refractivity contribution in [2.24, 2.45) is 35.5 Å². The maximum atomic E-state index is 13.2. The topological polar surface area (TPSA) is 83.6 Å². The predicted molar refractivity (Wildman–Crippen MR) is 118 cm³/mol. The molecule has 6 nitrogen and oxygen atoms in total. The molecule has 0 radical (unpaired) electrons. The highest BCUT2D eigenvalue weighted by Crippen LogP contribution is 2.65. The van der Waals surface area contributed by atoms with Gasteiger partial charge in [-0.25, -0.2) is 0 Å². The van der Waals surface area contributed by atoms with Crippen molar-refractivity contribution in [1.29, 1.82) is 0 Å². The standard InChI is InChI=1S/C26H22N2O4/c1-13(29)15-3-2-4-16(11-15)27-24(30)14-5-7-17(8-6-14)28-25(31)22-18-9-10-19(21-12-20(18)21)23(22)26(28)32/h2-11,18-23H,12H2,1H3,(H,27,30)/t18-,19-,20-,21+,22-,23+/m0/s1. The van der Waals surface area contributed by atoms with Crippen molar-refractivity contribution >= 4 is 34.9 Å². The Hall–Kier alpha value is -3.54. The Labute approximate surface area is 185 Å². The van der Waals surface area contributed by atoms with E-state index < -0.39 is 0 Å². The molecule has 7 rings (SSSR count). The van der Waals surface area contributed by atoms with Crippen LogP contribution in [0.25, 0.3) is 0 Å². The average Bonchev–Trinajstić information content (AvgIpc) is 3.57. The molecule has 2 aromatic carbocycles. The largest absolute Gasteiger partial charge is 0.322 e. The van der Waals surface area contributed by atoms with Crippen LogP contribution < -0.4 is 10.2 Å². The summed E-state index contributed by atoms with van der Waals surface area (Å²) >= 11 is 0. The van der Waals surface area contributed by atoms with E-state index in [0.29, 0.717) is 34.3 Å². The van der Waals surface area contributed by atoms with E-state index in [1.807, 2.05) is 0 Å². The number of ketones is 1. The first-order chi connectivity index (χ1) is 15.4. The molecule has 1 N–H and O–H groups in total. The fourth-order valence-electron chi connectivity index (χ4n) is 5.99. The van der Waals surface area contributed by atoms with E-state index in [1.54, 1.807) is 48.5 Å². The van der Waals surface area contributed by atoms with Crippen LogP contribution in [0, 0.1) is 35.5 Å². The van der Waals surface area contributed by atoms with Gasteiger partial charge in [-0.3, -0.25) is 24.1 Å². The Bertz CT molecular complexity index is 1180. The molecule has 32 heavy (non-hydrogen) atoms. The lowest BCUT2D eigenvalue weighted by atomic mass is 9.63. The van der Waals surface area contributed by atoms with Gasteiger partial charge < -0.3 is 5.32 Å². The minimum Gasteiger partial charge on any atom is -0.322 e. The van der Waals surface area contributed by atoms with Gasteiger partial charge in [-0.05, 0) is 73.4 Å². The zero-order valence-corrected chi connectivity index (χ0v) is 17.5. The number of nitrogens with zero attached hydrogens (tertiary/aromatic N) is 1. The van der Waals surface area contributed by atoms with Gasteiger partial charge in [-0.15, -0.1) is 0 Å². The molecule has 5 aliphatic rings. The molecule has 0 unspecified atom stereocenters. The van der Waals surface area contributed by atoms with Crippen LogP contribution in [0.15, 0.2) is 60.7 Å². The first kappa shape index (κ1) is 19.2. The highest BCUT2D eigenvalue weighted by Gasteiger charge is 2.67. The van der Waals surface area contributed by atoms with Gasteiger partial charge in [0.2, 0.25) is 11.8 Å². The van der Waals surface area contributed by atoms with Crippen molar-refractivity contribution in [3.05, 3.63) is 71.8 Å². The summed E-state index contributed by atoms with van der Waals surface area (Å²) in [5, 5.41) is 2.78. The zero-order chi connectivity index (χ0) is 22.1. The number of carbonyl (C=O) groups excluding carboxylic acids is 4. The first-order valence-corrected chi connectivity index (χ1v) is 11.0. The van der Waals surface area contributed by atoms with E-state index in [9.17, 15) is 19.2 Å². The van der Waals surface area contributed by atoms with Gasteiger partial charge >= 0.3 is 0 Å². The van der Waals surface area contributed by atoms with Crippen molar-refractivity contribution in [3.63, 3.8) is 0 Å². The van der Waals surface area contributed by atoms with Crippen LogP contribution in [0.5, 0.6) is 0 Å². The molecule has 6 heteroatoms. The Balaban J connectivity index is 1.21. The molecule has 4 aliphatic carbocycles. The third-order valence-electron chi connectivity index (χ3n) is 7.58. The third kappa shape index (κ3) is 2.72. The minimum atomic E-state index is -0.327. The Morgan fingerprint density at radius 3 is 2.09 bits per heavy atom. The number of hydrogen-bond acceptors (Lipinski definition) is 4. The molecule has 2 saturated carbocycles. The van der Waals surface area contributed by atoms with Crippen LogP contribution in [-0.2, 0) is 9.59 Å². The van der Waals surface area contributed by atoms with Crippen LogP contribution in [0.2, 0.25) is 0 Å². The van der Waals surface area contributed by atoms with Crippen LogP contribution in [-0.4, -0.2) is 23.5 Å². The summed E-state index contributed by atoms with van der Waals surface area (Å²) in [5.41, 5.74) is 1.97. The van der Waals surface area contributed by atoms with E-state index in [1.165, 1.54) is 11.8 Å². The lowest BCUT2D eigenvalue weighted by molar-refractivity contribution is -0.124. The molecular formula is C26H22N2O4. The number of hydrogen-bond donors (Lipinski definition) is 1. The fourth-order valence-corrected chi connectivity index (χ4v) is 5.99. The number of carbonyl (C=O) groups is 4. The quantitative estimate of drug-likeness (QED) is 0.459. The molecule has 1 heterocycles. The molecular weight excluding hydrogens is 404 g/mol. The van der Waals surface area contributed by atoms with Crippen molar-refractivity contribution in [2.45, 2.75) is 13.3 Å². The summed E-state index contributed by atoms with van der Waals surface area (Å²) < 4.78 is 0. The normalized spacial score (nSPS) is 31.3. The molecule has 3 fully saturated rings. The van der Waals surface area contributed by atoms with Gasteiger partial charge in [0.05, 0.1) is 17.5 Å². The molecule has 6 atom stereocenters. The minimum absolute atomic E-state index is 0.0769. The van der Waals surface area contributed by atoms with Crippen LogP contribution in [0.4, 0.5) is 11.4 Å². The summed E-state index contributed by atoms with van der Waals surface area (Å²) in [6.07, 6.45) is 5.45. The van der Waals surface area contributed by atoms with Crippen LogP contribution in [0.3, 0.4) is 0 Å². The number of nitrogens with one attached hydrogen (secondary N) is 1. The summed E-state index contributed by atoms with van der Waals surface area (Å²) in [4.78, 5) is 52.0. The van der Waals surface area contributed by atoms with Crippen molar-refractivity contribution in [3.8, 4) is 0 Å². The number of allylic oxidation sites excluding steroid dienone is 2. The molecule has 1 saturated heterocycles. The van der Waals surface area contributed by atoms with Gasteiger partial charge in [-0.2, -0.15) is 0 Å². The summed E-state index contributed by atoms with van der Waals surface area (Å²) in [7, 11) is 0. The number of benzene rings is 2. The molecule has 0 aromatic heterocycles. The van der Waals surface area contributed by atoms with Crippen molar-refractivity contribution in [1.82, 2.24) is 0 Å². The van der Waals surface area contributed by atoms with Gasteiger partial charge in [0.15, 0.2) is 5.78 Å². The van der Waals surface area contributed by atoms with Crippen molar-refractivity contribution in [2.75, 3.05) is 10.2 Å². The maximum absolute atomic E-state index is 13.2. The van der Waals surface area contributed by atoms with E-state index >= 15 is 0 Å². The molecule has 2 bridgehead atoms. The smallest absolute Gasteiger partial charge is 0.255 e. The van der Waals surface area contributed by atoms with E-state index in [-0.39, 0.29) is 47.2 Å². The first-order valence-electron chi connectivity index (χ1n) is 11.0. The van der Waals surface area contributed by atoms with Crippen LogP contribution >= 0.6 is 0 Å². The average molecular weight is 426 g/mol. The Morgan fingerprint density at radius 1 is 0.875 bits per heavy atom. The second-order valence-electron chi connectivity index (χ2n) is 9.30. The molecule has 3 amide bonds. The number of imide groups is 1. The molecule has 2 aromatic rings. The highest BCUT2D eigenvalue weighted by molar-refractivity contribution is 6.22. The third-order valence-corrected chi connectivity index (χ3v) is 7.58. The second kappa shape index (κ2) is 6.73. The maximum Gasteiger partial charge on any atom is 0.255 e. The fraction of sp³-hybridized carbons (Fsp3) is 0.308. The van der Waals surface area contributed by atoms with E-state index in [4.69, 9.17) is 0 Å². The van der Waals surface area contributed by atoms with E-state index in [2.05, 4.69) is 17.5 Å². The van der Waals surface area contributed by atoms with Gasteiger partial charge in [-0.1, -0.05) is 24.3 Å². The number of Topliss-reactive ketones (excluding diaryl/α,β-unsaturated/α-hetero) is 1. The molecule has 160 valence electrons.